The topological polar surface area (TPSA) is 71.5 Å². The molecule has 39 heavy (non-hydrogen) atoms. The van der Waals surface area contributed by atoms with Crippen molar-refractivity contribution in [3.63, 3.8) is 0 Å². The van der Waals surface area contributed by atoms with Crippen LogP contribution in [0.5, 0.6) is 11.5 Å². The van der Waals surface area contributed by atoms with Crippen molar-refractivity contribution in [3.8, 4) is 11.5 Å². The van der Waals surface area contributed by atoms with E-state index in [0.717, 1.165) is 84.9 Å². The van der Waals surface area contributed by atoms with Gasteiger partial charge in [-0.1, -0.05) is 35.4 Å². The molecule has 2 aromatic rings. The first-order chi connectivity index (χ1) is 18.6. The molecule has 2 N–H and O–H groups in total. The maximum Gasteiger partial charge on any atom is 0.246 e. The number of phenolic OH excluding ortho intramolecular Hbond substituents is 1. The Kier molecular flexibility index (Phi) is 11.0. The summed E-state index contributed by atoms with van der Waals surface area (Å²) in [7, 11) is 0. The second-order valence-electron chi connectivity index (χ2n) is 11.3. The first-order valence-electron chi connectivity index (χ1n) is 14.2. The normalized spacial score (nSPS) is 17.9. The number of hydrogen-bond donors (Lipinski definition) is 2. The number of benzene rings is 1. The van der Waals surface area contributed by atoms with E-state index in [1.165, 1.54) is 11.1 Å². The predicted molar refractivity (Wildman–Crippen MR) is 160 cm³/mol. The molecule has 0 bridgehead atoms. The fourth-order valence-electron chi connectivity index (χ4n) is 5.06. The van der Waals surface area contributed by atoms with Gasteiger partial charge in [0.05, 0.1) is 0 Å². The van der Waals surface area contributed by atoms with Gasteiger partial charge in [0.1, 0.15) is 17.1 Å². The van der Waals surface area contributed by atoms with Gasteiger partial charge in [0.15, 0.2) is 0 Å². The smallest absolute Gasteiger partial charge is 0.246 e. The minimum atomic E-state index is -0.171. The lowest BCUT2D eigenvalue weighted by Gasteiger charge is -2.37. The Morgan fingerprint density at radius 1 is 1.10 bits per heavy atom. The molecule has 0 saturated heterocycles. The SMILES string of the molecule is C/C(=C\CC/C(C)=C/CCC1(C)CCc2c(C)c(O)cc(C)c2O1)CC/C=C(\C)C(=O)NCc1cccnc1. The van der Waals surface area contributed by atoms with Crippen LogP contribution >= 0.6 is 0 Å². The van der Waals surface area contributed by atoms with Crippen LogP contribution in [0.3, 0.4) is 0 Å². The van der Waals surface area contributed by atoms with Crippen molar-refractivity contribution in [2.24, 2.45) is 0 Å². The van der Waals surface area contributed by atoms with Gasteiger partial charge < -0.3 is 15.2 Å². The maximum absolute atomic E-state index is 12.3. The quantitative estimate of drug-likeness (QED) is 0.215. The number of ether oxygens (including phenoxy) is 1. The molecule has 2 heterocycles. The number of carbonyl (C=O) groups is 1. The molecule has 1 atom stereocenters. The summed E-state index contributed by atoms with van der Waals surface area (Å²) in [4.78, 5) is 16.4. The van der Waals surface area contributed by atoms with Crippen molar-refractivity contribution >= 4 is 5.91 Å². The Labute approximate surface area is 235 Å². The van der Waals surface area contributed by atoms with Gasteiger partial charge in [0.25, 0.3) is 0 Å². The zero-order valence-corrected chi connectivity index (χ0v) is 24.7. The highest BCUT2D eigenvalue weighted by Crippen LogP contribution is 2.42. The predicted octanol–water partition coefficient (Wildman–Crippen LogP) is 7.98. The van der Waals surface area contributed by atoms with E-state index in [2.05, 4.69) is 43.2 Å². The summed E-state index contributed by atoms with van der Waals surface area (Å²) in [6.45, 7) is 13.0. The van der Waals surface area contributed by atoms with Crippen LogP contribution in [0.4, 0.5) is 0 Å². The highest BCUT2D eigenvalue weighted by atomic mass is 16.5. The van der Waals surface area contributed by atoms with Crippen molar-refractivity contribution in [2.75, 3.05) is 0 Å². The standard InChI is InChI=1S/C34H46N2O3/c1-24(13-8-15-26(3)33(38)36-23-29-16-10-20-35-22-29)11-7-12-25(2)14-9-18-34(6)19-17-30-28(5)31(37)21-27(4)32(30)39-34/h10-11,14-16,20-22,37H,7-9,12-13,17-19,23H2,1-6H3,(H,36,38)/b24-11+,25-14+,26-15+. The third-order valence-corrected chi connectivity index (χ3v) is 7.80. The Hall–Kier alpha value is -3.34. The van der Waals surface area contributed by atoms with Crippen molar-refractivity contribution in [1.29, 1.82) is 0 Å². The summed E-state index contributed by atoms with van der Waals surface area (Å²) in [6.07, 6.45) is 18.0. The monoisotopic (exact) mass is 530 g/mol. The van der Waals surface area contributed by atoms with Crippen LogP contribution in [0.25, 0.3) is 0 Å². The molecule has 5 heteroatoms. The van der Waals surface area contributed by atoms with Gasteiger partial charge >= 0.3 is 0 Å². The molecule has 5 nitrogen and oxygen atoms in total. The number of hydrogen-bond acceptors (Lipinski definition) is 4. The number of carbonyl (C=O) groups excluding carboxylic acids is 1. The Morgan fingerprint density at radius 2 is 1.79 bits per heavy atom. The van der Waals surface area contributed by atoms with Gasteiger partial charge in [0.2, 0.25) is 5.91 Å². The number of nitrogens with one attached hydrogen (secondary N) is 1. The molecule has 0 radical (unpaired) electrons. The number of amides is 1. The summed E-state index contributed by atoms with van der Waals surface area (Å²) in [6, 6.07) is 5.65. The Bertz CT molecular complexity index is 1230. The van der Waals surface area contributed by atoms with Crippen LogP contribution in [-0.4, -0.2) is 21.6 Å². The third-order valence-electron chi connectivity index (χ3n) is 7.80. The molecule has 1 unspecified atom stereocenters. The fourth-order valence-corrected chi connectivity index (χ4v) is 5.06. The van der Waals surface area contributed by atoms with Gasteiger partial charge in [-0.3, -0.25) is 9.78 Å². The van der Waals surface area contributed by atoms with E-state index in [0.29, 0.717) is 12.3 Å². The summed E-state index contributed by atoms with van der Waals surface area (Å²) >= 11 is 0. The number of rotatable bonds is 12. The number of fused-ring (bicyclic) bond motifs is 1. The molecule has 1 aliphatic heterocycles. The number of pyridine rings is 1. The highest BCUT2D eigenvalue weighted by molar-refractivity contribution is 5.92. The first kappa shape index (κ1) is 30.2. The molecular weight excluding hydrogens is 484 g/mol. The minimum Gasteiger partial charge on any atom is -0.508 e. The van der Waals surface area contributed by atoms with Crippen molar-refractivity contribution < 1.29 is 14.6 Å². The third kappa shape index (κ3) is 9.12. The van der Waals surface area contributed by atoms with E-state index in [-0.39, 0.29) is 11.5 Å². The molecule has 210 valence electrons. The van der Waals surface area contributed by atoms with Crippen LogP contribution in [-0.2, 0) is 17.8 Å². The van der Waals surface area contributed by atoms with Gasteiger partial charge in [-0.15, -0.1) is 0 Å². The van der Waals surface area contributed by atoms with Gasteiger partial charge in [-0.05, 0) is 122 Å². The lowest BCUT2D eigenvalue weighted by molar-refractivity contribution is -0.117. The lowest BCUT2D eigenvalue weighted by atomic mass is 9.86. The van der Waals surface area contributed by atoms with Gasteiger partial charge in [-0.25, -0.2) is 0 Å². The van der Waals surface area contributed by atoms with Crippen LogP contribution in [0.1, 0.15) is 94.9 Å². The first-order valence-corrected chi connectivity index (χ1v) is 14.2. The molecule has 1 aromatic carbocycles. The number of aromatic hydroxyl groups is 1. The van der Waals surface area contributed by atoms with Crippen molar-refractivity contribution in [3.05, 3.63) is 87.8 Å². The molecule has 1 aliphatic rings. The van der Waals surface area contributed by atoms with E-state index in [9.17, 15) is 9.90 Å². The number of aromatic nitrogens is 1. The van der Waals surface area contributed by atoms with E-state index in [4.69, 9.17) is 4.74 Å². The molecule has 0 spiro atoms. The average Bonchev–Trinajstić information content (AvgIpc) is 2.91. The summed E-state index contributed by atoms with van der Waals surface area (Å²) < 4.78 is 6.50. The van der Waals surface area contributed by atoms with Gasteiger partial charge in [-0.2, -0.15) is 0 Å². The molecule has 0 fully saturated rings. The zero-order valence-electron chi connectivity index (χ0n) is 24.7. The van der Waals surface area contributed by atoms with E-state index in [1.807, 2.05) is 45.0 Å². The molecule has 3 rings (SSSR count). The van der Waals surface area contributed by atoms with Crippen LogP contribution in [0, 0.1) is 13.8 Å². The Morgan fingerprint density at radius 3 is 2.49 bits per heavy atom. The molecular formula is C34H46N2O3. The summed E-state index contributed by atoms with van der Waals surface area (Å²) in [5.41, 5.74) is 7.49. The van der Waals surface area contributed by atoms with E-state index < -0.39 is 0 Å². The molecule has 1 aromatic heterocycles. The summed E-state index contributed by atoms with van der Waals surface area (Å²) in [5, 5.41) is 13.1. The second-order valence-corrected chi connectivity index (χ2v) is 11.3. The lowest BCUT2D eigenvalue weighted by Crippen LogP contribution is -2.36. The average molecular weight is 531 g/mol. The van der Waals surface area contributed by atoms with E-state index in [1.54, 1.807) is 12.4 Å². The van der Waals surface area contributed by atoms with Crippen LogP contribution in [0.2, 0.25) is 0 Å². The second kappa shape index (κ2) is 14.2. The largest absolute Gasteiger partial charge is 0.508 e. The van der Waals surface area contributed by atoms with Crippen molar-refractivity contribution in [1.82, 2.24) is 10.3 Å². The molecule has 0 aliphatic carbocycles. The zero-order chi connectivity index (χ0) is 28.4. The summed E-state index contributed by atoms with van der Waals surface area (Å²) in [5.74, 6) is 1.31. The maximum atomic E-state index is 12.3. The fraction of sp³-hybridized carbons (Fsp3) is 0.471. The van der Waals surface area contributed by atoms with Crippen LogP contribution in [0.15, 0.2) is 65.5 Å². The van der Waals surface area contributed by atoms with E-state index >= 15 is 0 Å². The number of aryl methyl sites for hydroxylation is 1. The number of nitrogens with zero attached hydrogens (tertiary/aromatic N) is 1. The van der Waals surface area contributed by atoms with Crippen LogP contribution < -0.4 is 10.1 Å². The molecule has 1 amide bonds. The number of phenols is 1. The van der Waals surface area contributed by atoms with Crippen molar-refractivity contribution in [2.45, 2.75) is 105 Å². The minimum absolute atomic E-state index is 0.0255. The van der Waals surface area contributed by atoms with Gasteiger partial charge in [0, 0.05) is 30.1 Å². The highest BCUT2D eigenvalue weighted by Gasteiger charge is 2.33. The molecule has 0 saturated carbocycles. The Balaban J connectivity index is 1.37. The number of allylic oxidation sites excluding steroid dienone is 5.